The molecule has 1 aromatic rings. The molecule has 0 bridgehead atoms. The SMILES string of the molecule is COCC1CCN(CCOc2ccccc2N)C1. The van der Waals surface area contributed by atoms with E-state index in [2.05, 4.69) is 4.90 Å². The van der Waals surface area contributed by atoms with Crippen molar-refractivity contribution in [3.63, 3.8) is 0 Å². The van der Waals surface area contributed by atoms with Gasteiger partial charge >= 0.3 is 0 Å². The molecule has 2 N–H and O–H groups in total. The van der Waals surface area contributed by atoms with Crippen LogP contribution >= 0.6 is 0 Å². The maximum Gasteiger partial charge on any atom is 0.142 e. The molecule has 1 aromatic carbocycles. The van der Waals surface area contributed by atoms with Crippen molar-refractivity contribution < 1.29 is 9.47 Å². The van der Waals surface area contributed by atoms with E-state index < -0.39 is 0 Å². The fourth-order valence-electron chi connectivity index (χ4n) is 2.38. The zero-order valence-corrected chi connectivity index (χ0v) is 11.0. The normalized spacial score (nSPS) is 20.2. The maximum absolute atomic E-state index is 5.82. The quantitative estimate of drug-likeness (QED) is 0.779. The van der Waals surface area contributed by atoms with Crippen molar-refractivity contribution in [2.75, 3.05) is 45.7 Å². The minimum atomic E-state index is 0.678. The van der Waals surface area contributed by atoms with E-state index in [0.717, 1.165) is 32.0 Å². The van der Waals surface area contributed by atoms with Crippen LogP contribution in [0.2, 0.25) is 0 Å². The summed E-state index contributed by atoms with van der Waals surface area (Å²) < 4.78 is 10.9. The Kier molecular flexibility index (Phi) is 4.84. The predicted octanol–water partition coefficient (Wildman–Crippen LogP) is 1.62. The van der Waals surface area contributed by atoms with E-state index in [-0.39, 0.29) is 0 Å². The topological polar surface area (TPSA) is 47.7 Å². The number of hydrogen-bond acceptors (Lipinski definition) is 4. The van der Waals surface area contributed by atoms with Gasteiger partial charge in [-0.15, -0.1) is 0 Å². The fraction of sp³-hybridized carbons (Fsp3) is 0.571. The molecule has 1 fully saturated rings. The molecule has 18 heavy (non-hydrogen) atoms. The Labute approximate surface area is 109 Å². The van der Waals surface area contributed by atoms with Gasteiger partial charge in [0.05, 0.1) is 12.3 Å². The van der Waals surface area contributed by atoms with Crippen LogP contribution in [-0.2, 0) is 4.74 Å². The maximum atomic E-state index is 5.82. The van der Waals surface area contributed by atoms with Gasteiger partial charge < -0.3 is 15.2 Å². The van der Waals surface area contributed by atoms with Crippen LogP contribution < -0.4 is 10.5 Å². The molecule has 0 aliphatic carbocycles. The fourth-order valence-corrected chi connectivity index (χ4v) is 2.38. The van der Waals surface area contributed by atoms with Crippen molar-refractivity contribution in [1.82, 2.24) is 4.90 Å². The number of hydrogen-bond donors (Lipinski definition) is 1. The number of rotatable bonds is 6. The number of anilines is 1. The average molecular weight is 250 g/mol. The van der Waals surface area contributed by atoms with Crippen molar-refractivity contribution in [1.29, 1.82) is 0 Å². The van der Waals surface area contributed by atoms with Gasteiger partial charge in [0.15, 0.2) is 0 Å². The Morgan fingerprint density at radius 2 is 2.22 bits per heavy atom. The van der Waals surface area contributed by atoms with Gasteiger partial charge in [-0.2, -0.15) is 0 Å². The summed E-state index contributed by atoms with van der Waals surface area (Å²) in [5.41, 5.74) is 6.53. The molecule has 1 heterocycles. The third-order valence-electron chi connectivity index (χ3n) is 3.36. The van der Waals surface area contributed by atoms with Crippen LogP contribution in [-0.4, -0.2) is 44.9 Å². The van der Waals surface area contributed by atoms with Gasteiger partial charge in [-0.05, 0) is 31.0 Å². The summed E-state index contributed by atoms with van der Waals surface area (Å²) in [5.74, 6) is 1.46. The Morgan fingerprint density at radius 1 is 1.39 bits per heavy atom. The lowest BCUT2D eigenvalue weighted by Gasteiger charge is -2.16. The predicted molar refractivity (Wildman–Crippen MR) is 72.8 cm³/mol. The first-order chi connectivity index (χ1) is 8.79. The second-order valence-electron chi connectivity index (χ2n) is 4.80. The Morgan fingerprint density at radius 3 is 3.00 bits per heavy atom. The lowest BCUT2D eigenvalue weighted by atomic mass is 10.1. The standard InChI is InChI=1S/C14H22N2O2/c1-17-11-12-6-7-16(10-12)8-9-18-14-5-3-2-4-13(14)15/h2-5,12H,6-11,15H2,1H3. The summed E-state index contributed by atoms with van der Waals surface area (Å²) in [5, 5.41) is 0. The van der Waals surface area contributed by atoms with E-state index in [0.29, 0.717) is 18.2 Å². The van der Waals surface area contributed by atoms with Crippen molar-refractivity contribution >= 4 is 5.69 Å². The van der Waals surface area contributed by atoms with E-state index in [9.17, 15) is 0 Å². The largest absolute Gasteiger partial charge is 0.490 e. The molecular weight excluding hydrogens is 228 g/mol. The zero-order chi connectivity index (χ0) is 12.8. The molecule has 0 saturated carbocycles. The second kappa shape index (κ2) is 6.61. The number of likely N-dealkylation sites (tertiary alicyclic amines) is 1. The van der Waals surface area contributed by atoms with Crippen LogP contribution in [0.5, 0.6) is 5.75 Å². The molecule has 100 valence electrons. The van der Waals surface area contributed by atoms with Crippen molar-refractivity contribution in [2.24, 2.45) is 5.92 Å². The molecule has 1 aliphatic rings. The Balaban J connectivity index is 1.69. The van der Waals surface area contributed by atoms with Crippen LogP contribution in [0.25, 0.3) is 0 Å². The number of nitrogens with two attached hydrogens (primary N) is 1. The van der Waals surface area contributed by atoms with Gasteiger partial charge in [0.2, 0.25) is 0 Å². The third-order valence-corrected chi connectivity index (χ3v) is 3.36. The molecule has 0 radical (unpaired) electrons. The molecule has 0 aromatic heterocycles. The number of ether oxygens (including phenoxy) is 2. The van der Waals surface area contributed by atoms with Crippen LogP contribution in [0.3, 0.4) is 0 Å². The molecule has 0 amide bonds. The van der Waals surface area contributed by atoms with Crippen LogP contribution in [0.4, 0.5) is 5.69 Å². The number of benzene rings is 1. The molecule has 1 saturated heterocycles. The summed E-state index contributed by atoms with van der Waals surface area (Å²) in [4.78, 5) is 2.42. The monoisotopic (exact) mass is 250 g/mol. The van der Waals surface area contributed by atoms with E-state index in [1.807, 2.05) is 24.3 Å². The van der Waals surface area contributed by atoms with Gasteiger partial charge in [0.1, 0.15) is 12.4 Å². The van der Waals surface area contributed by atoms with Gasteiger partial charge in [-0.3, -0.25) is 4.90 Å². The highest BCUT2D eigenvalue weighted by Gasteiger charge is 2.21. The molecule has 0 spiro atoms. The molecule has 4 nitrogen and oxygen atoms in total. The van der Waals surface area contributed by atoms with Gasteiger partial charge in [0, 0.05) is 20.2 Å². The number of nitrogens with zero attached hydrogens (tertiary/aromatic N) is 1. The lowest BCUT2D eigenvalue weighted by Crippen LogP contribution is -2.27. The van der Waals surface area contributed by atoms with Crippen LogP contribution in [0.1, 0.15) is 6.42 Å². The van der Waals surface area contributed by atoms with Crippen molar-refractivity contribution in [3.8, 4) is 5.75 Å². The van der Waals surface area contributed by atoms with Gasteiger partial charge in [-0.25, -0.2) is 0 Å². The summed E-state index contributed by atoms with van der Waals surface area (Å²) in [6.07, 6.45) is 1.22. The highest BCUT2D eigenvalue weighted by Crippen LogP contribution is 2.20. The molecule has 1 aliphatic heterocycles. The van der Waals surface area contributed by atoms with Crippen molar-refractivity contribution in [2.45, 2.75) is 6.42 Å². The minimum absolute atomic E-state index is 0.678. The highest BCUT2D eigenvalue weighted by molar-refractivity contribution is 5.51. The van der Waals surface area contributed by atoms with Crippen LogP contribution in [0.15, 0.2) is 24.3 Å². The molecule has 1 atom stereocenters. The molecule has 1 unspecified atom stereocenters. The summed E-state index contributed by atoms with van der Waals surface area (Å²) in [7, 11) is 1.77. The van der Waals surface area contributed by atoms with E-state index in [4.69, 9.17) is 15.2 Å². The number of para-hydroxylation sites is 2. The zero-order valence-electron chi connectivity index (χ0n) is 11.0. The van der Waals surface area contributed by atoms with Crippen molar-refractivity contribution in [3.05, 3.63) is 24.3 Å². The number of nitrogen functional groups attached to an aromatic ring is 1. The molecule has 4 heteroatoms. The summed E-state index contributed by atoms with van der Waals surface area (Å²) >= 11 is 0. The average Bonchev–Trinajstić information content (AvgIpc) is 2.80. The van der Waals surface area contributed by atoms with Gasteiger partial charge in [-0.1, -0.05) is 12.1 Å². The first-order valence-corrected chi connectivity index (χ1v) is 6.48. The first kappa shape index (κ1) is 13.2. The smallest absolute Gasteiger partial charge is 0.142 e. The van der Waals surface area contributed by atoms with E-state index >= 15 is 0 Å². The van der Waals surface area contributed by atoms with Crippen LogP contribution in [0, 0.1) is 5.92 Å². The third kappa shape index (κ3) is 3.62. The minimum Gasteiger partial charge on any atom is -0.490 e. The van der Waals surface area contributed by atoms with E-state index in [1.165, 1.54) is 6.42 Å². The highest BCUT2D eigenvalue weighted by atomic mass is 16.5. The Bertz CT molecular complexity index is 371. The summed E-state index contributed by atoms with van der Waals surface area (Å²) in [6.45, 7) is 4.76. The summed E-state index contributed by atoms with van der Waals surface area (Å²) in [6, 6.07) is 7.63. The molecular formula is C14H22N2O2. The van der Waals surface area contributed by atoms with Gasteiger partial charge in [0.25, 0.3) is 0 Å². The Hall–Kier alpha value is -1.26. The first-order valence-electron chi connectivity index (χ1n) is 6.48. The van der Waals surface area contributed by atoms with E-state index in [1.54, 1.807) is 7.11 Å². The second-order valence-corrected chi connectivity index (χ2v) is 4.80. The lowest BCUT2D eigenvalue weighted by molar-refractivity contribution is 0.150. The number of methoxy groups -OCH3 is 1. The molecule has 2 rings (SSSR count).